The largest absolute Gasteiger partial charge is 0.292 e. The fourth-order valence-corrected chi connectivity index (χ4v) is 3.32. The number of aryl methyl sites for hydroxylation is 2. The molecular formula is C17H13ClN2O. The molecule has 2 heterocycles. The second kappa shape index (κ2) is 4.43. The SMILES string of the molecule is Cc1cccc2c(=O)n3c(nc12)-c1c(Cl)cccc1CC3. The van der Waals surface area contributed by atoms with Crippen LogP contribution in [0.2, 0.25) is 5.02 Å². The van der Waals surface area contributed by atoms with E-state index in [0.29, 0.717) is 22.8 Å². The van der Waals surface area contributed by atoms with Gasteiger partial charge < -0.3 is 0 Å². The summed E-state index contributed by atoms with van der Waals surface area (Å²) in [6.07, 6.45) is 0.807. The van der Waals surface area contributed by atoms with E-state index in [2.05, 4.69) is 6.07 Å². The molecule has 1 aliphatic heterocycles. The van der Waals surface area contributed by atoms with Crippen LogP contribution in [0, 0.1) is 6.92 Å². The van der Waals surface area contributed by atoms with Crippen LogP contribution in [0.3, 0.4) is 0 Å². The Morgan fingerprint density at radius 2 is 2.00 bits per heavy atom. The Hall–Kier alpha value is -2.13. The summed E-state index contributed by atoms with van der Waals surface area (Å²) in [5.74, 6) is 0.689. The lowest BCUT2D eigenvalue weighted by Crippen LogP contribution is -2.27. The molecule has 0 saturated carbocycles. The number of rotatable bonds is 0. The molecule has 3 aromatic rings. The number of benzene rings is 2. The van der Waals surface area contributed by atoms with Crippen LogP contribution < -0.4 is 5.56 Å². The highest BCUT2D eigenvalue weighted by molar-refractivity contribution is 6.33. The van der Waals surface area contributed by atoms with Crippen molar-refractivity contribution in [1.29, 1.82) is 0 Å². The van der Waals surface area contributed by atoms with E-state index < -0.39 is 0 Å². The van der Waals surface area contributed by atoms with E-state index in [4.69, 9.17) is 16.6 Å². The summed E-state index contributed by atoms with van der Waals surface area (Å²) in [5.41, 5.74) is 3.84. The van der Waals surface area contributed by atoms with Gasteiger partial charge in [0.15, 0.2) is 0 Å². The van der Waals surface area contributed by atoms with Crippen molar-refractivity contribution in [2.75, 3.05) is 0 Å². The summed E-state index contributed by atoms with van der Waals surface area (Å²) in [7, 11) is 0. The average molecular weight is 297 g/mol. The van der Waals surface area contributed by atoms with Gasteiger partial charge in [0.1, 0.15) is 5.82 Å². The van der Waals surface area contributed by atoms with E-state index in [1.165, 1.54) is 0 Å². The lowest BCUT2D eigenvalue weighted by molar-refractivity contribution is 0.652. The summed E-state index contributed by atoms with van der Waals surface area (Å²) in [6.45, 7) is 2.63. The molecule has 4 rings (SSSR count). The van der Waals surface area contributed by atoms with Crippen molar-refractivity contribution in [2.45, 2.75) is 19.9 Å². The van der Waals surface area contributed by atoms with Crippen LogP contribution in [-0.2, 0) is 13.0 Å². The second-order valence-corrected chi connectivity index (χ2v) is 5.79. The molecule has 1 aliphatic rings. The lowest BCUT2D eigenvalue weighted by atomic mass is 9.99. The van der Waals surface area contributed by atoms with Gasteiger partial charge in [-0.2, -0.15) is 0 Å². The third-order valence-electron chi connectivity index (χ3n) is 4.11. The summed E-state index contributed by atoms with van der Waals surface area (Å²) in [4.78, 5) is 17.5. The number of halogens is 1. The van der Waals surface area contributed by atoms with E-state index >= 15 is 0 Å². The Bertz CT molecular complexity index is 943. The first-order valence-corrected chi connectivity index (χ1v) is 7.32. The summed E-state index contributed by atoms with van der Waals surface area (Å²) in [6, 6.07) is 11.6. The molecule has 0 amide bonds. The summed E-state index contributed by atoms with van der Waals surface area (Å²) in [5, 5.41) is 1.33. The number of aromatic nitrogens is 2. The fraction of sp³-hybridized carbons (Fsp3) is 0.176. The Labute approximate surface area is 126 Å². The fourth-order valence-electron chi connectivity index (χ4n) is 3.05. The maximum absolute atomic E-state index is 12.7. The molecule has 4 heteroatoms. The van der Waals surface area contributed by atoms with Crippen LogP contribution >= 0.6 is 11.6 Å². The summed E-state index contributed by atoms with van der Waals surface area (Å²) < 4.78 is 1.75. The van der Waals surface area contributed by atoms with Gasteiger partial charge in [0.2, 0.25) is 0 Å². The zero-order valence-electron chi connectivity index (χ0n) is 11.6. The predicted octanol–water partition coefficient (Wildman–Crippen LogP) is 3.58. The Kier molecular flexibility index (Phi) is 2.66. The molecule has 0 atom stereocenters. The van der Waals surface area contributed by atoms with Gasteiger partial charge in [0.25, 0.3) is 5.56 Å². The molecule has 0 bridgehead atoms. The van der Waals surface area contributed by atoms with E-state index in [9.17, 15) is 4.79 Å². The third kappa shape index (κ3) is 1.74. The monoisotopic (exact) mass is 296 g/mol. The Morgan fingerprint density at radius 1 is 1.19 bits per heavy atom. The van der Waals surface area contributed by atoms with Crippen molar-refractivity contribution in [3.8, 4) is 11.4 Å². The minimum Gasteiger partial charge on any atom is -0.292 e. The minimum atomic E-state index is 0.0178. The average Bonchev–Trinajstić information content (AvgIpc) is 2.48. The van der Waals surface area contributed by atoms with E-state index in [-0.39, 0.29) is 5.56 Å². The van der Waals surface area contributed by atoms with Crippen LogP contribution in [0.5, 0.6) is 0 Å². The highest BCUT2D eigenvalue weighted by Crippen LogP contribution is 2.34. The van der Waals surface area contributed by atoms with Crippen molar-refractivity contribution in [2.24, 2.45) is 0 Å². The molecule has 104 valence electrons. The lowest BCUT2D eigenvalue weighted by Gasteiger charge is -2.22. The Balaban J connectivity index is 2.18. The molecule has 3 nitrogen and oxygen atoms in total. The van der Waals surface area contributed by atoms with Crippen LogP contribution in [0.4, 0.5) is 0 Å². The van der Waals surface area contributed by atoms with Gasteiger partial charge in [-0.25, -0.2) is 4.98 Å². The van der Waals surface area contributed by atoms with Crippen LogP contribution in [0.15, 0.2) is 41.2 Å². The predicted molar refractivity (Wildman–Crippen MR) is 84.9 cm³/mol. The third-order valence-corrected chi connectivity index (χ3v) is 4.43. The van der Waals surface area contributed by atoms with Gasteiger partial charge >= 0.3 is 0 Å². The molecule has 0 unspecified atom stereocenters. The van der Waals surface area contributed by atoms with Gasteiger partial charge in [-0.1, -0.05) is 35.9 Å². The van der Waals surface area contributed by atoms with Gasteiger partial charge in [-0.05, 0) is 36.6 Å². The second-order valence-electron chi connectivity index (χ2n) is 5.39. The molecule has 0 aliphatic carbocycles. The maximum atomic E-state index is 12.7. The number of fused-ring (bicyclic) bond motifs is 4. The number of hydrogen-bond acceptors (Lipinski definition) is 2. The molecule has 2 aromatic carbocycles. The topological polar surface area (TPSA) is 34.9 Å². The zero-order valence-corrected chi connectivity index (χ0v) is 12.3. The van der Waals surface area contributed by atoms with Crippen molar-refractivity contribution in [3.05, 3.63) is 62.9 Å². The van der Waals surface area contributed by atoms with Crippen LogP contribution in [0.1, 0.15) is 11.1 Å². The quantitative estimate of drug-likeness (QED) is 0.635. The van der Waals surface area contributed by atoms with Crippen molar-refractivity contribution >= 4 is 22.5 Å². The molecule has 21 heavy (non-hydrogen) atoms. The Morgan fingerprint density at radius 3 is 2.86 bits per heavy atom. The zero-order chi connectivity index (χ0) is 14.6. The molecule has 0 saturated heterocycles. The molecule has 1 aromatic heterocycles. The van der Waals surface area contributed by atoms with Crippen LogP contribution in [-0.4, -0.2) is 9.55 Å². The first kappa shape index (κ1) is 12.6. The first-order valence-electron chi connectivity index (χ1n) is 6.95. The highest BCUT2D eigenvalue weighted by atomic mass is 35.5. The van der Waals surface area contributed by atoms with Crippen LogP contribution in [0.25, 0.3) is 22.3 Å². The molecule has 0 fully saturated rings. The molecular weight excluding hydrogens is 284 g/mol. The first-order chi connectivity index (χ1) is 10.2. The van der Waals surface area contributed by atoms with Gasteiger partial charge in [-0.15, -0.1) is 0 Å². The number of nitrogens with zero attached hydrogens (tertiary/aromatic N) is 2. The smallest absolute Gasteiger partial charge is 0.261 e. The maximum Gasteiger partial charge on any atom is 0.261 e. The van der Waals surface area contributed by atoms with Crippen molar-refractivity contribution in [1.82, 2.24) is 9.55 Å². The van der Waals surface area contributed by atoms with Crippen molar-refractivity contribution in [3.63, 3.8) is 0 Å². The van der Waals surface area contributed by atoms with Gasteiger partial charge in [0, 0.05) is 12.1 Å². The van der Waals surface area contributed by atoms with Gasteiger partial charge in [0.05, 0.1) is 15.9 Å². The van der Waals surface area contributed by atoms with E-state index in [1.54, 1.807) is 4.57 Å². The molecule has 0 radical (unpaired) electrons. The molecule has 0 spiro atoms. The minimum absolute atomic E-state index is 0.0178. The van der Waals surface area contributed by atoms with Gasteiger partial charge in [-0.3, -0.25) is 9.36 Å². The number of hydrogen-bond donors (Lipinski definition) is 0. The van der Waals surface area contributed by atoms with E-state index in [1.807, 2.05) is 37.3 Å². The van der Waals surface area contributed by atoms with Crippen molar-refractivity contribution < 1.29 is 0 Å². The normalized spacial score (nSPS) is 13.0. The standard InChI is InChI=1S/C17H13ClN2O/c1-10-4-2-6-12-15(10)19-16-14-11(5-3-7-13(14)18)8-9-20(16)17(12)21/h2-7H,8-9H2,1H3. The highest BCUT2D eigenvalue weighted by Gasteiger charge is 2.22. The number of para-hydroxylation sites is 1. The molecule has 0 N–H and O–H groups in total. The summed E-state index contributed by atoms with van der Waals surface area (Å²) >= 11 is 6.36. The van der Waals surface area contributed by atoms with E-state index in [0.717, 1.165) is 28.6 Å².